The highest BCUT2D eigenvalue weighted by atomic mass is 35.5. The Morgan fingerprint density at radius 2 is 1.48 bits per heavy atom. The summed E-state index contributed by atoms with van der Waals surface area (Å²) < 4.78 is 21.1. The van der Waals surface area contributed by atoms with Gasteiger partial charge in [-0.2, -0.15) is 0 Å². The predicted molar refractivity (Wildman–Crippen MR) is 120 cm³/mol. The van der Waals surface area contributed by atoms with Crippen molar-refractivity contribution in [2.45, 2.75) is 20.8 Å². The molecular weight excluding hydrogens is 476 g/mol. The Morgan fingerprint density at radius 3 is 2.00 bits per heavy atom. The lowest BCUT2D eigenvalue weighted by Crippen LogP contribution is -2.15. The Balaban J connectivity index is 2.03. The number of amides is 1. The summed E-state index contributed by atoms with van der Waals surface area (Å²) >= 11 is 7.27. The minimum Gasteiger partial charge on any atom is -0.494 e. The van der Waals surface area contributed by atoms with Crippen LogP contribution in [0.1, 0.15) is 31.1 Å². The number of hydrogen-bond acceptors (Lipinski definition) is 10. The van der Waals surface area contributed by atoms with Crippen LogP contribution in [-0.2, 0) is 14.4 Å². The maximum absolute atomic E-state index is 12.9. The van der Waals surface area contributed by atoms with Crippen molar-refractivity contribution in [2.24, 2.45) is 0 Å². The number of benzene rings is 2. The van der Waals surface area contributed by atoms with Gasteiger partial charge in [0.2, 0.25) is 5.75 Å². The van der Waals surface area contributed by atoms with E-state index in [4.69, 9.17) is 30.5 Å². The van der Waals surface area contributed by atoms with E-state index >= 15 is 0 Å². The number of ether oxygens (including phenoxy) is 4. The van der Waals surface area contributed by atoms with Crippen LogP contribution in [0.4, 0.5) is 5.13 Å². The van der Waals surface area contributed by atoms with Crippen molar-refractivity contribution in [1.82, 2.24) is 4.98 Å². The summed E-state index contributed by atoms with van der Waals surface area (Å²) in [6, 6.07) is 5.65. The number of methoxy groups -OCH3 is 1. The third kappa shape index (κ3) is 5.57. The third-order valence-corrected chi connectivity index (χ3v) is 5.21. The number of fused-ring (bicyclic) bond motifs is 1. The van der Waals surface area contributed by atoms with Crippen LogP contribution in [0.15, 0.2) is 24.3 Å². The van der Waals surface area contributed by atoms with Gasteiger partial charge in [-0.15, -0.1) is 0 Å². The first-order valence-corrected chi connectivity index (χ1v) is 10.5. The minimum absolute atomic E-state index is 0.0531. The lowest BCUT2D eigenvalue weighted by Gasteiger charge is -2.14. The van der Waals surface area contributed by atoms with Gasteiger partial charge in [-0.05, 0) is 24.3 Å². The molecule has 3 aromatic rings. The number of nitrogens with zero attached hydrogens (tertiary/aromatic N) is 1. The van der Waals surface area contributed by atoms with Gasteiger partial charge in [0, 0.05) is 26.3 Å². The zero-order valence-electron chi connectivity index (χ0n) is 17.8. The summed E-state index contributed by atoms with van der Waals surface area (Å²) in [5, 5.41) is 3.25. The number of rotatable bonds is 6. The number of carbonyl (C=O) groups is 4. The van der Waals surface area contributed by atoms with E-state index in [0.29, 0.717) is 21.0 Å². The van der Waals surface area contributed by atoms with Crippen LogP contribution in [0.5, 0.6) is 23.0 Å². The van der Waals surface area contributed by atoms with E-state index in [2.05, 4.69) is 10.3 Å². The lowest BCUT2D eigenvalue weighted by molar-refractivity contribution is -0.135. The molecule has 1 heterocycles. The zero-order valence-corrected chi connectivity index (χ0v) is 19.4. The van der Waals surface area contributed by atoms with Gasteiger partial charge < -0.3 is 18.9 Å². The summed E-state index contributed by atoms with van der Waals surface area (Å²) in [4.78, 5) is 51.9. The van der Waals surface area contributed by atoms with Crippen LogP contribution >= 0.6 is 22.9 Å². The summed E-state index contributed by atoms with van der Waals surface area (Å²) in [5.74, 6) is -3.35. The molecule has 10 nitrogen and oxygen atoms in total. The molecule has 0 aliphatic rings. The highest BCUT2D eigenvalue weighted by Crippen LogP contribution is 2.41. The number of hydrogen-bond donors (Lipinski definition) is 1. The highest BCUT2D eigenvalue weighted by Gasteiger charge is 2.23. The second kappa shape index (κ2) is 9.84. The van der Waals surface area contributed by atoms with Crippen LogP contribution in [0.3, 0.4) is 0 Å². The monoisotopic (exact) mass is 492 g/mol. The van der Waals surface area contributed by atoms with Crippen molar-refractivity contribution in [3.05, 3.63) is 34.9 Å². The van der Waals surface area contributed by atoms with Crippen molar-refractivity contribution in [3.63, 3.8) is 0 Å². The summed E-state index contributed by atoms with van der Waals surface area (Å²) in [6.45, 7) is 3.36. The van der Waals surface area contributed by atoms with Crippen molar-refractivity contribution < 1.29 is 38.1 Å². The second-order valence-electron chi connectivity index (χ2n) is 6.48. The topological polar surface area (TPSA) is 130 Å². The fraction of sp³-hybridized carbons (Fsp3) is 0.190. The fourth-order valence-corrected chi connectivity index (χ4v) is 4.05. The normalized spacial score (nSPS) is 10.5. The number of anilines is 1. The van der Waals surface area contributed by atoms with Crippen molar-refractivity contribution in [3.8, 4) is 23.0 Å². The van der Waals surface area contributed by atoms with Crippen LogP contribution in [0.25, 0.3) is 10.2 Å². The molecule has 0 saturated carbocycles. The van der Waals surface area contributed by atoms with Crippen LogP contribution in [-0.4, -0.2) is 35.9 Å². The maximum Gasteiger partial charge on any atom is 0.308 e. The molecule has 12 heteroatoms. The predicted octanol–water partition coefficient (Wildman–Crippen LogP) is 3.99. The van der Waals surface area contributed by atoms with Crippen LogP contribution < -0.4 is 24.3 Å². The Morgan fingerprint density at radius 1 is 0.909 bits per heavy atom. The second-order valence-corrected chi connectivity index (χ2v) is 7.89. The SMILES string of the molecule is COc1c(Cl)ccc2nc(NC(=O)c3cc(OC(C)=O)c(OC(C)=O)c(OC(C)=O)c3)sc12. The molecule has 0 unspecified atom stereocenters. The standard InChI is InChI=1S/C21H17ClN2O8S/c1-9(25)30-15-7-12(8-16(31-10(2)26)18(15)32-11(3)27)20(28)24-21-23-14-6-5-13(22)17(29-4)19(14)33-21/h5-8H,1-4H3,(H,23,24,28). The average molecular weight is 493 g/mol. The zero-order chi connectivity index (χ0) is 24.3. The van der Waals surface area contributed by atoms with Gasteiger partial charge in [0.1, 0.15) is 0 Å². The number of esters is 3. The molecule has 0 spiro atoms. The molecular formula is C21H17ClN2O8S. The number of carbonyl (C=O) groups excluding carboxylic acids is 4. The van der Waals surface area contributed by atoms with Gasteiger partial charge in [0.25, 0.3) is 5.91 Å². The average Bonchev–Trinajstić information content (AvgIpc) is 3.11. The maximum atomic E-state index is 12.9. The molecule has 3 rings (SSSR count). The number of aromatic nitrogens is 1. The van der Waals surface area contributed by atoms with E-state index in [0.717, 1.165) is 32.1 Å². The molecule has 0 aliphatic heterocycles. The molecule has 2 aromatic carbocycles. The van der Waals surface area contributed by atoms with Gasteiger partial charge in [0.05, 0.1) is 22.3 Å². The Hall–Kier alpha value is -3.70. The molecule has 33 heavy (non-hydrogen) atoms. The first-order valence-electron chi connectivity index (χ1n) is 9.26. The largest absolute Gasteiger partial charge is 0.494 e. The van der Waals surface area contributed by atoms with Crippen molar-refractivity contribution in [2.75, 3.05) is 12.4 Å². The molecule has 0 aliphatic carbocycles. The molecule has 172 valence electrons. The van der Waals surface area contributed by atoms with E-state index in [9.17, 15) is 19.2 Å². The first kappa shape index (κ1) is 24.0. The minimum atomic E-state index is -0.754. The van der Waals surface area contributed by atoms with Crippen molar-refractivity contribution >= 4 is 62.1 Å². The third-order valence-electron chi connectivity index (χ3n) is 3.92. The van der Waals surface area contributed by atoms with Gasteiger partial charge in [-0.25, -0.2) is 4.98 Å². The highest BCUT2D eigenvalue weighted by molar-refractivity contribution is 7.22. The first-order chi connectivity index (χ1) is 15.6. The molecule has 1 N–H and O–H groups in total. The van der Waals surface area contributed by atoms with Crippen LogP contribution in [0, 0.1) is 0 Å². The van der Waals surface area contributed by atoms with E-state index in [1.54, 1.807) is 12.1 Å². The van der Waals surface area contributed by atoms with E-state index in [1.807, 2.05) is 0 Å². The lowest BCUT2D eigenvalue weighted by atomic mass is 10.1. The van der Waals surface area contributed by atoms with Crippen LogP contribution in [0.2, 0.25) is 5.02 Å². The van der Waals surface area contributed by atoms with E-state index < -0.39 is 23.8 Å². The van der Waals surface area contributed by atoms with Gasteiger partial charge in [-0.1, -0.05) is 22.9 Å². The van der Waals surface area contributed by atoms with Gasteiger partial charge >= 0.3 is 17.9 Å². The fourth-order valence-electron chi connectivity index (χ4n) is 2.77. The summed E-state index contributed by atoms with van der Waals surface area (Å²) in [7, 11) is 1.47. The smallest absolute Gasteiger partial charge is 0.308 e. The molecule has 0 atom stereocenters. The molecule has 0 radical (unpaired) electrons. The van der Waals surface area contributed by atoms with E-state index in [1.165, 1.54) is 19.2 Å². The molecule has 0 saturated heterocycles. The quantitative estimate of drug-likeness (QED) is 0.401. The number of nitrogens with one attached hydrogen (secondary N) is 1. The van der Waals surface area contributed by atoms with Gasteiger partial charge in [-0.3, -0.25) is 24.5 Å². The number of halogens is 1. The molecule has 0 bridgehead atoms. The molecule has 1 aromatic heterocycles. The Labute approximate surface area is 196 Å². The summed E-state index contributed by atoms with van der Waals surface area (Å²) in [6.07, 6.45) is 0. The molecule has 0 fully saturated rings. The molecule has 1 amide bonds. The number of thiazole rings is 1. The summed E-state index contributed by atoms with van der Waals surface area (Å²) in [5.41, 5.74) is 0.505. The van der Waals surface area contributed by atoms with Gasteiger partial charge in [0.15, 0.2) is 22.4 Å². The van der Waals surface area contributed by atoms with Crippen molar-refractivity contribution in [1.29, 1.82) is 0 Å². The Bertz CT molecular complexity index is 1250. The Kier molecular flexibility index (Phi) is 7.14. The van der Waals surface area contributed by atoms with E-state index in [-0.39, 0.29) is 27.9 Å².